The van der Waals surface area contributed by atoms with Crippen molar-refractivity contribution < 1.29 is 9.66 Å². The summed E-state index contributed by atoms with van der Waals surface area (Å²) in [4.78, 5) is 10.2. The van der Waals surface area contributed by atoms with E-state index in [4.69, 9.17) is 16.3 Å². The molecule has 2 aromatic rings. The average molecular weight is 321 g/mol. The molecule has 0 spiro atoms. The maximum absolute atomic E-state index is 10.6. The van der Waals surface area contributed by atoms with Crippen LogP contribution in [0.15, 0.2) is 42.5 Å². The minimum Gasteiger partial charge on any atom is -0.493 e. The average Bonchev–Trinajstić information content (AvgIpc) is 2.52. The minimum atomic E-state index is -0.419. The Labute approximate surface area is 134 Å². The molecule has 0 atom stereocenters. The number of nitrogens with zero attached hydrogens (tertiary/aromatic N) is 1. The molecule has 0 amide bonds. The van der Waals surface area contributed by atoms with E-state index in [-0.39, 0.29) is 5.69 Å². The number of anilines is 1. The van der Waals surface area contributed by atoms with Gasteiger partial charge in [-0.25, -0.2) is 0 Å². The standard InChI is InChI=1S/C16H17ClN2O3/c1-2-9-22-16-8-3-13(17)10-12(16)11-18-14-4-6-15(7-5-14)19(20)21/h3-8,10,18H,2,9,11H2,1H3. The molecule has 0 aliphatic heterocycles. The first kappa shape index (κ1) is 16.1. The summed E-state index contributed by atoms with van der Waals surface area (Å²) in [6, 6.07) is 11.8. The maximum atomic E-state index is 10.6. The van der Waals surface area contributed by atoms with Gasteiger partial charge in [-0.2, -0.15) is 0 Å². The molecule has 2 aromatic carbocycles. The predicted molar refractivity (Wildman–Crippen MR) is 87.7 cm³/mol. The Bertz CT molecular complexity index is 644. The molecule has 0 saturated carbocycles. The molecule has 0 aliphatic rings. The van der Waals surface area contributed by atoms with E-state index in [2.05, 4.69) is 5.32 Å². The summed E-state index contributed by atoms with van der Waals surface area (Å²) in [5.41, 5.74) is 1.81. The highest BCUT2D eigenvalue weighted by atomic mass is 35.5. The van der Waals surface area contributed by atoms with Crippen molar-refractivity contribution >= 4 is 23.0 Å². The van der Waals surface area contributed by atoms with Crippen LogP contribution in [-0.2, 0) is 6.54 Å². The highest BCUT2D eigenvalue weighted by Crippen LogP contribution is 2.24. The summed E-state index contributed by atoms with van der Waals surface area (Å²) in [6.45, 7) is 3.22. The summed E-state index contributed by atoms with van der Waals surface area (Å²) in [5.74, 6) is 0.792. The van der Waals surface area contributed by atoms with E-state index in [0.29, 0.717) is 18.2 Å². The van der Waals surface area contributed by atoms with Crippen LogP contribution >= 0.6 is 11.6 Å². The number of hydrogen-bond acceptors (Lipinski definition) is 4. The summed E-state index contributed by atoms with van der Waals surface area (Å²) >= 11 is 6.03. The second kappa shape index (κ2) is 7.66. The zero-order chi connectivity index (χ0) is 15.9. The van der Waals surface area contributed by atoms with Gasteiger partial charge >= 0.3 is 0 Å². The van der Waals surface area contributed by atoms with Crippen LogP contribution in [0.2, 0.25) is 5.02 Å². The monoisotopic (exact) mass is 320 g/mol. The molecule has 0 unspecified atom stereocenters. The lowest BCUT2D eigenvalue weighted by Crippen LogP contribution is -2.04. The van der Waals surface area contributed by atoms with Crippen LogP contribution in [-0.4, -0.2) is 11.5 Å². The van der Waals surface area contributed by atoms with Gasteiger partial charge in [-0.05, 0) is 36.8 Å². The van der Waals surface area contributed by atoms with Gasteiger partial charge in [0.25, 0.3) is 5.69 Å². The van der Waals surface area contributed by atoms with Crippen LogP contribution in [0.1, 0.15) is 18.9 Å². The van der Waals surface area contributed by atoms with Crippen LogP contribution in [0.4, 0.5) is 11.4 Å². The van der Waals surface area contributed by atoms with Crippen LogP contribution in [0.25, 0.3) is 0 Å². The largest absolute Gasteiger partial charge is 0.493 e. The molecule has 116 valence electrons. The van der Waals surface area contributed by atoms with Gasteiger partial charge in [-0.1, -0.05) is 18.5 Å². The second-order valence-electron chi connectivity index (χ2n) is 4.76. The summed E-state index contributed by atoms with van der Waals surface area (Å²) < 4.78 is 5.69. The van der Waals surface area contributed by atoms with E-state index >= 15 is 0 Å². The zero-order valence-corrected chi connectivity index (χ0v) is 13.0. The van der Waals surface area contributed by atoms with Crippen molar-refractivity contribution in [3.8, 4) is 5.75 Å². The van der Waals surface area contributed by atoms with Crippen molar-refractivity contribution in [2.45, 2.75) is 19.9 Å². The van der Waals surface area contributed by atoms with Crippen LogP contribution in [0.3, 0.4) is 0 Å². The van der Waals surface area contributed by atoms with Gasteiger partial charge in [0.1, 0.15) is 5.75 Å². The first-order chi connectivity index (χ1) is 10.6. The van der Waals surface area contributed by atoms with Crippen LogP contribution in [0, 0.1) is 10.1 Å². The highest BCUT2D eigenvalue weighted by molar-refractivity contribution is 6.30. The van der Waals surface area contributed by atoms with E-state index in [0.717, 1.165) is 23.4 Å². The molecule has 5 nitrogen and oxygen atoms in total. The number of rotatable bonds is 7. The van der Waals surface area contributed by atoms with E-state index in [1.54, 1.807) is 18.2 Å². The quantitative estimate of drug-likeness (QED) is 0.595. The molecule has 0 saturated heterocycles. The molecule has 0 aromatic heterocycles. The Hall–Kier alpha value is -2.27. The molecule has 0 radical (unpaired) electrons. The number of hydrogen-bond donors (Lipinski definition) is 1. The Morgan fingerprint density at radius 1 is 1.23 bits per heavy atom. The second-order valence-corrected chi connectivity index (χ2v) is 5.19. The van der Waals surface area contributed by atoms with Crippen molar-refractivity contribution in [1.29, 1.82) is 0 Å². The first-order valence-electron chi connectivity index (χ1n) is 6.99. The number of non-ortho nitro benzene ring substituents is 1. The number of halogens is 1. The number of nitro groups is 1. The number of benzene rings is 2. The number of nitrogens with one attached hydrogen (secondary N) is 1. The first-order valence-corrected chi connectivity index (χ1v) is 7.37. The molecule has 1 N–H and O–H groups in total. The molecule has 6 heteroatoms. The topological polar surface area (TPSA) is 64.4 Å². The molecule has 0 heterocycles. The number of nitro benzene ring substituents is 1. The van der Waals surface area contributed by atoms with E-state index < -0.39 is 4.92 Å². The minimum absolute atomic E-state index is 0.0697. The van der Waals surface area contributed by atoms with Crippen molar-refractivity contribution in [1.82, 2.24) is 0 Å². The lowest BCUT2D eigenvalue weighted by molar-refractivity contribution is -0.384. The molecule has 0 bridgehead atoms. The fourth-order valence-corrected chi connectivity index (χ4v) is 2.13. The van der Waals surface area contributed by atoms with Crippen molar-refractivity contribution in [3.63, 3.8) is 0 Å². The Balaban J connectivity index is 2.06. The van der Waals surface area contributed by atoms with Gasteiger partial charge in [0.15, 0.2) is 0 Å². The third kappa shape index (κ3) is 4.36. The van der Waals surface area contributed by atoms with Gasteiger partial charge in [-0.3, -0.25) is 10.1 Å². The Morgan fingerprint density at radius 2 is 1.95 bits per heavy atom. The summed E-state index contributed by atoms with van der Waals surface area (Å²) in [7, 11) is 0. The van der Waals surface area contributed by atoms with Gasteiger partial charge in [-0.15, -0.1) is 0 Å². The van der Waals surface area contributed by atoms with Crippen molar-refractivity contribution in [2.24, 2.45) is 0 Å². The van der Waals surface area contributed by atoms with E-state index in [9.17, 15) is 10.1 Å². The molecule has 0 aliphatic carbocycles. The van der Waals surface area contributed by atoms with Crippen LogP contribution < -0.4 is 10.1 Å². The van der Waals surface area contributed by atoms with Gasteiger partial charge in [0.05, 0.1) is 11.5 Å². The SMILES string of the molecule is CCCOc1ccc(Cl)cc1CNc1ccc([N+](=O)[O-])cc1. The zero-order valence-electron chi connectivity index (χ0n) is 12.2. The molecular formula is C16H17ClN2O3. The normalized spacial score (nSPS) is 10.3. The smallest absolute Gasteiger partial charge is 0.269 e. The lowest BCUT2D eigenvalue weighted by atomic mass is 10.2. The summed E-state index contributed by atoms with van der Waals surface area (Å²) in [6.07, 6.45) is 0.928. The number of ether oxygens (including phenoxy) is 1. The highest BCUT2D eigenvalue weighted by Gasteiger charge is 2.07. The fraction of sp³-hybridized carbons (Fsp3) is 0.250. The molecular weight excluding hydrogens is 304 g/mol. The van der Waals surface area contributed by atoms with Crippen molar-refractivity contribution in [2.75, 3.05) is 11.9 Å². The van der Waals surface area contributed by atoms with E-state index in [1.807, 2.05) is 19.1 Å². The molecule has 2 rings (SSSR count). The maximum Gasteiger partial charge on any atom is 0.269 e. The fourth-order valence-electron chi connectivity index (χ4n) is 1.94. The van der Waals surface area contributed by atoms with Gasteiger partial charge < -0.3 is 10.1 Å². The van der Waals surface area contributed by atoms with Gasteiger partial charge in [0.2, 0.25) is 0 Å². The third-order valence-corrected chi connectivity index (χ3v) is 3.28. The van der Waals surface area contributed by atoms with Gasteiger partial charge in [0, 0.05) is 35.0 Å². The van der Waals surface area contributed by atoms with Crippen molar-refractivity contribution in [3.05, 3.63) is 63.2 Å². The molecule has 0 fully saturated rings. The summed E-state index contributed by atoms with van der Waals surface area (Å²) in [5, 5.41) is 14.5. The van der Waals surface area contributed by atoms with Crippen LogP contribution in [0.5, 0.6) is 5.75 Å². The Morgan fingerprint density at radius 3 is 2.59 bits per heavy atom. The third-order valence-electron chi connectivity index (χ3n) is 3.05. The lowest BCUT2D eigenvalue weighted by Gasteiger charge is -2.13. The van der Waals surface area contributed by atoms with E-state index in [1.165, 1.54) is 12.1 Å². The predicted octanol–water partition coefficient (Wildman–Crippen LogP) is 4.65. The Kier molecular flexibility index (Phi) is 5.61. The molecule has 22 heavy (non-hydrogen) atoms.